The molecule has 2 N–H and O–H groups in total. The van der Waals surface area contributed by atoms with E-state index < -0.39 is 0 Å². The molecule has 0 radical (unpaired) electrons. The van der Waals surface area contributed by atoms with Crippen LogP contribution in [0.3, 0.4) is 0 Å². The summed E-state index contributed by atoms with van der Waals surface area (Å²) in [7, 11) is 0. The minimum absolute atomic E-state index is 0.0985. The molecule has 0 aliphatic carbocycles. The first kappa shape index (κ1) is 13.1. The van der Waals surface area contributed by atoms with E-state index in [0.717, 1.165) is 12.1 Å². The van der Waals surface area contributed by atoms with Crippen molar-refractivity contribution in [2.75, 3.05) is 5.32 Å². The highest BCUT2D eigenvalue weighted by Gasteiger charge is 2.03. The molecule has 1 rings (SSSR count). The highest BCUT2D eigenvalue weighted by atomic mass is 32.1. The maximum Gasteiger partial charge on any atom is 0.226 e. The molecule has 0 saturated heterocycles. The third kappa shape index (κ3) is 4.62. The molecule has 0 aliphatic heterocycles. The Morgan fingerprint density at radius 3 is 2.59 bits per heavy atom. The van der Waals surface area contributed by atoms with Gasteiger partial charge in [-0.05, 0) is 42.9 Å². The highest BCUT2D eigenvalue weighted by Crippen LogP contribution is 2.08. The van der Waals surface area contributed by atoms with Gasteiger partial charge in [0.25, 0.3) is 0 Å². The van der Waals surface area contributed by atoms with Crippen LogP contribution >= 0.6 is 12.2 Å². The van der Waals surface area contributed by atoms with Crippen LogP contribution in [0.25, 0.3) is 0 Å². The molecule has 0 heterocycles. The van der Waals surface area contributed by atoms with E-state index >= 15 is 0 Å². The zero-order valence-electron chi connectivity index (χ0n) is 9.49. The lowest BCUT2D eigenvalue weighted by atomic mass is 10.2. The second kappa shape index (κ2) is 6.61. The average molecular weight is 247 g/mol. The van der Waals surface area contributed by atoms with Crippen LogP contribution in [0.2, 0.25) is 0 Å². The van der Waals surface area contributed by atoms with E-state index in [4.69, 9.17) is 17.5 Å². The van der Waals surface area contributed by atoms with Gasteiger partial charge >= 0.3 is 0 Å². The molecule has 4 nitrogen and oxygen atoms in total. The topological polar surface area (TPSA) is 64.9 Å². The summed E-state index contributed by atoms with van der Waals surface area (Å²) in [6, 6.07) is 8.85. The van der Waals surface area contributed by atoms with Crippen molar-refractivity contribution in [2.45, 2.75) is 19.8 Å². The largest absolute Gasteiger partial charge is 0.332 e. The van der Waals surface area contributed by atoms with Gasteiger partial charge in [0.05, 0.1) is 11.6 Å². The van der Waals surface area contributed by atoms with Crippen molar-refractivity contribution in [3.05, 3.63) is 29.8 Å². The van der Waals surface area contributed by atoms with Crippen molar-refractivity contribution < 1.29 is 4.79 Å². The fourth-order valence-corrected chi connectivity index (χ4v) is 1.44. The van der Waals surface area contributed by atoms with Crippen molar-refractivity contribution in [3.8, 4) is 6.07 Å². The van der Waals surface area contributed by atoms with Crippen LogP contribution in [-0.2, 0) is 4.79 Å². The molecule has 0 fully saturated rings. The van der Waals surface area contributed by atoms with E-state index in [9.17, 15) is 4.79 Å². The second-order valence-electron chi connectivity index (χ2n) is 3.44. The molecule has 1 aromatic carbocycles. The van der Waals surface area contributed by atoms with Crippen LogP contribution in [0, 0.1) is 11.3 Å². The first-order chi connectivity index (χ1) is 8.15. The van der Waals surface area contributed by atoms with Gasteiger partial charge in [0.2, 0.25) is 5.91 Å². The van der Waals surface area contributed by atoms with Crippen LogP contribution in [0.5, 0.6) is 0 Å². The number of nitriles is 1. The number of hydrogen-bond donors (Lipinski definition) is 2. The van der Waals surface area contributed by atoms with Gasteiger partial charge in [0.1, 0.15) is 0 Å². The van der Waals surface area contributed by atoms with Gasteiger partial charge in [0.15, 0.2) is 5.11 Å². The van der Waals surface area contributed by atoms with Crippen LogP contribution < -0.4 is 10.6 Å². The molecule has 1 aromatic rings. The zero-order valence-corrected chi connectivity index (χ0v) is 10.3. The van der Waals surface area contributed by atoms with Gasteiger partial charge in [-0.25, -0.2) is 0 Å². The van der Waals surface area contributed by atoms with Crippen LogP contribution in [-0.4, -0.2) is 11.0 Å². The van der Waals surface area contributed by atoms with Crippen LogP contribution in [0.4, 0.5) is 5.69 Å². The predicted octanol–water partition coefficient (Wildman–Crippen LogP) is 2.17. The smallest absolute Gasteiger partial charge is 0.226 e. The predicted molar refractivity (Wildman–Crippen MR) is 70.4 cm³/mol. The number of hydrogen-bond acceptors (Lipinski definition) is 3. The number of benzene rings is 1. The summed E-state index contributed by atoms with van der Waals surface area (Å²) in [6.45, 7) is 1.93. The number of amides is 1. The average Bonchev–Trinajstić information content (AvgIpc) is 2.30. The Bertz CT molecular complexity index is 448. The van der Waals surface area contributed by atoms with Crippen molar-refractivity contribution in [2.24, 2.45) is 0 Å². The molecule has 1 amide bonds. The molecule has 0 aliphatic rings. The summed E-state index contributed by atoms with van der Waals surface area (Å²) < 4.78 is 0. The number of nitrogens with zero attached hydrogens (tertiary/aromatic N) is 1. The molecular weight excluding hydrogens is 234 g/mol. The van der Waals surface area contributed by atoms with E-state index in [2.05, 4.69) is 10.6 Å². The first-order valence-corrected chi connectivity index (χ1v) is 5.67. The molecule has 0 bridgehead atoms. The Morgan fingerprint density at radius 1 is 1.41 bits per heavy atom. The normalized spacial score (nSPS) is 9.18. The minimum atomic E-state index is -0.0985. The Balaban J connectivity index is 2.51. The van der Waals surface area contributed by atoms with Crippen LogP contribution in [0.1, 0.15) is 25.3 Å². The molecule has 0 atom stereocenters. The maximum atomic E-state index is 11.3. The Kier molecular flexibility index (Phi) is 5.11. The number of rotatable bonds is 3. The summed E-state index contributed by atoms with van der Waals surface area (Å²) in [6.07, 6.45) is 1.24. The summed E-state index contributed by atoms with van der Waals surface area (Å²) in [5.74, 6) is -0.0985. The summed E-state index contributed by atoms with van der Waals surface area (Å²) >= 11 is 4.98. The van der Waals surface area contributed by atoms with Gasteiger partial charge in [-0.1, -0.05) is 6.92 Å². The fraction of sp³-hybridized carbons (Fsp3) is 0.250. The molecule has 88 valence electrons. The van der Waals surface area contributed by atoms with E-state index in [1.165, 1.54) is 0 Å². The Morgan fingerprint density at radius 2 is 2.06 bits per heavy atom. The lowest BCUT2D eigenvalue weighted by molar-refractivity contribution is -0.119. The zero-order chi connectivity index (χ0) is 12.7. The second-order valence-corrected chi connectivity index (χ2v) is 3.85. The standard InChI is InChI=1S/C12H13N3OS/c1-2-3-11(16)15-12(17)14-10-6-4-9(8-13)5-7-10/h4-7H,2-3H2,1H3,(H2,14,15,16,17). The van der Waals surface area contributed by atoms with Crippen molar-refractivity contribution in [3.63, 3.8) is 0 Å². The van der Waals surface area contributed by atoms with E-state index in [0.29, 0.717) is 12.0 Å². The minimum Gasteiger partial charge on any atom is -0.332 e. The third-order valence-corrected chi connectivity index (χ3v) is 2.21. The molecule has 0 saturated carbocycles. The maximum absolute atomic E-state index is 11.3. The van der Waals surface area contributed by atoms with Gasteiger partial charge in [-0.3, -0.25) is 4.79 Å². The molecule has 0 spiro atoms. The quantitative estimate of drug-likeness (QED) is 0.803. The van der Waals surface area contributed by atoms with Gasteiger partial charge < -0.3 is 10.6 Å². The fourth-order valence-electron chi connectivity index (χ4n) is 1.21. The number of thiocarbonyl (C=S) groups is 1. The molecular formula is C12H13N3OS. The summed E-state index contributed by atoms with van der Waals surface area (Å²) in [5, 5.41) is 14.4. The lowest BCUT2D eigenvalue weighted by Gasteiger charge is -2.08. The van der Waals surface area contributed by atoms with E-state index in [-0.39, 0.29) is 11.0 Å². The van der Waals surface area contributed by atoms with Crippen molar-refractivity contribution >= 4 is 28.9 Å². The first-order valence-electron chi connectivity index (χ1n) is 5.26. The molecule has 0 aromatic heterocycles. The molecule has 0 unspecified atom stereocenters. The lowest BCUT2D eigenvalue weighted by Crippen LogP contribution is -2.33. The number of nitrogens with one attached hydrogen (secondary N) is 2. The highest BCUT2D eigenvalue weighted by molar-refractivity contribution is 7.80. The van der Waals surface area contributed by atoms with Crippen molar-refractivity contribution in [1.29, 1.82) is 5.26 Å². The Labute approximate surface area is 106 Å². The SMILES string of the molecule is CCCC(=O)NC(=S)Nc1ccc(C#N)cc1. The van der Waals surface area contributed by atoms with Gasteiger partial charge in [-0.2, -0.15) is 5.26 Å². The Hall–Kier alpha value is -1.93. The summed E-state index contributed by atoms with van der Waals surface area (Å²) in [5.41, 5.74) is 1.32. The van der Waals surface area contributed by atoms with Gasteiger partial charge in [0, 0.05) is 12.1 Å². The monoisotopic (exact) mass is 247 g/mol. The number of anilines is 1. The third-order valence-electron chi connectivity index (χ3n) is 2.00. The number of carbonyl (C=O) groups is 1. The van der Waals surface area contributed by atoms with E-state index in [1.807, 2.05) is 13.0 Å². The molecule has 5 heteroatoms. The summed E-state index contributed by atoms with van der Waals surface area (Å²) in [4.78, 5) is 11.3. The molecule has 17 heavy (non-hydrogen) atoms. The number of carbonyl (C=O) groups excluding carboxylic acids is 1. The van der Waals surface area contributed by atoms with E-state index in [1.54, 1.807) is 24.3 Å². The van der Waals surface area contributed by atoms with Crippen LogP contribution in [0.15, 0.2) is 24.3 Å². The van der Waals surface area contributed by atoms with Gasteiger partial charge in [-0.15, -0.1) is 0 Å². The van der Waals surface area contributed by atoms with Crippen molar-refractivity contribution in [1.82, 2.24) is 5.32 Å².